The molecule has 9 heteroatoms. The molecule has 0 atom stereocenters. The lowest BCUT2D eigenvalue weighted by atomic mass is 10.1. The smallest absolute Gasteiger partial charge is 0.338 e. The maximum absolute atomic E-state index is 12.1. The fourth-order valence-corrected chi connectivity index (χ4v) is 2.95. The van der Waals surface area contributed by atoms with Crippen molar-refractivity contribution in [3.05, 3.63) is 77.6 Å². The van der Waals surface area contributed by atoms with E-state index in [0.717, 1.165) is 5.56 Å². The highest BCUT2D eigenvalue weighted by atomic mass is 16.5. The third kappa shape index (κ3) is 8.15. The van der Waals surface area contributed by atoms with Crippen LogP contribution in [0.1, 0.15) is 35.5 Å². The standard InChI is InChI=1S/C26H27N3O6/c1-17(2)34-26(32)20-8-5-7-19(13-20)23-11-10-22(35-23)14-28-29-24(30)15-27-25(31)16-33-21-9-4-6-18(3)12-21/h4-14,17H,15-16H2,1-3H3,(H,27,31)(H,29,30)/b28-14-. The molecule has 2 amide bonds. The number of hydrogen-bond donors (Lipinski definition) is 2. The second-order valence-corrected chi connectivity index (χ2v) is 7.91. The first-order valence-corrected chi connectivity index (χ1v) is 11.0. The Morgan fingerprint density at radius 1 is 1.03 bits per heavy atom. The number of aryl methyl sites for hydroxylation is 1. The molecule has 0 aliphatic carbocycles. The lowest BCUT2D eigenvalue weighted by molar-refractivity contribution is -0.127. The minimum Gasteiger partial charge on any atom is -0.484 e. The quantitative estimate of drug-likeness (QED) is 0.262. The van der Waals surface area contributed by atoms with Gasteiger partial charge in [-0.25, -0.2) is 10.2 Å². The van der Waals surface area contributed by atoms with Crippen molar-refractivity contribution in [3.63, 3.8) is 0 Å². The number of rotatable bonds is 10. The first-order valence-electron chi connectivity index (χ1n) is 11.0. The minimum absolute atomic E-state index is 0.203. The summed E-state index contributed by atoms with van der Waals surface area (Å²) in [6, 6.07) is 17.6. The van der Waals surface area contributed by atoms with Crippen LogP contribution in [0.2, 0.25) is 0 Å². The molecular formula is C26H27N3O6. The molecule has 3 aromatic rings. The number of carbonyl (C=O) groups is 3. The maximum Gasteiger partial charge on any atom is 0.338 e. The predicted molar refractivity (Wildman–Crippen MR) is 130 cm³/mol. The Bertz CT molecular complexity index is 1220. The van der Waals surface area contributed by atoms with Gasteiger partial charge in [0.1, 0.15) is 17.3 Å². The second kappa shape index (κ2) is 12.2. The molecule has 2 N–H and O–H groups in total. The third-order valence-corrected chi connectivity index (χ3v) is 4.54. The van der Waals surface area contributed by atoms with E-state index in [0.29, 0.717) is 28.4 Å². The Balaban J connectivity index is 1.45. The maximum atomic E-state index is 12.1. The van der Waals surface area contributed by atoms with E-state index >= 15 is 0 Å². The summed E-state index contributed by atoms with van der Waals surface area (Å²) in [6.45, 7) is 5.04. The molecule has 3 rings (SSSR count). The molecule has 0 radical (unpaired) electrons. The van der Waals surface area contributed by atoms with Crippen molar-refractivity contribution in [2.24, 2.45) is 5.10 Å². The van der Waals surface area contributed by atoms with E-state index in [2.05, 4.69) is 15.8 Å². The fraction of sp³-hybridized carbons (Fsp3) is 0.231. The molecule has 1 heterocycles. The number of amides is 2. The van der Waals surface area contributed by atoms with Gasteiger partial charge in [0, 0.05) is 5.56 Å². The van der Waals surface area contributed by atoms with Crippen molar-refractivity contribution < 1.29 is 28.3 Å². The van der Waals surface area contributed by atoms with Gasteiger partial charge in [-0.05, 0) is 62.7 Å². The number of hydrazone groups is 1. The van der Waals surface area contributed by atoms with E-state index in [4.69, 9.17) is 13.9 Å². The summed E-state index contributed by atoms with van der Waals surface area (Å²) in [6.07, 6.45) is 1.12. The highest BCUT2D eigenvalue weighted by Gasteiger charge is 2.12. The topological polar surface area (TPSA) is 119 Å². The summed E-state index contributed by atoms with van der Waals surface area (Å²) in [5.74, 6) is 0.152. The van der Waals surface area contributed by atoms with Gasteiger partial charge in [0.2, 0.25) is 0 Å². The van der Waals surface area contributed by atoms with Gasteiger partial charge in [0.05, 0.1) is 24.4 Å². The van der Waals surface area contributed by atoms with Crippen molar-refractivity contribution in [3.8, 4) is 17.1 Å². The zero-order chi connectivity index (χ0) is 25.2. The summed E-state index contributed by atoms with van der Waals surface area (Å²) in [5.41, 5.74) is 4.44. The molecule has 0 unspecified atom stereocenters. The largest absolute Gasteiger partial charge is 0.484 e. The Kier molecular flexibility index (Phi) is 8.77. The molecule has 0 bridgehead atoms. The lowest BCUT2D eigenvalue weighted by Crippen LogP contribution is -2.37. The van der Waals surface area contributed by atoms with Gasteiger partial charge >= 0.3 is 5.97 Å². The summed E-state index contributed by atoms with van der Waals surface area (Å²) in [4.78, 5) is 35.9. The number of nitrogens with zero attached hydrogens (tertiary/aromatic N) is 1. The Hall–Kier alpha value is -4.40. The van der Waals surface area contributed by atoms with Crippen molar-refractivity contribution in [1.82, 2.24) is 10.7 Å². The van der Waals surface area contributed by atoms with Gasteiger partial charge in [-0.2, -0.15) is 5.10 Å². The van der Waals surface area contributed by atoms with Crippen molar-refractivity contribution in [2.75, 3.05) is 13.2 Å². The molecule has 0 aliphatic rings. The van der Waals surface area contributed by atoms with Crippen LogP contribution < -0.4 is 15.5 Å². The highest BCUT2D eigenvalue weighted by Crippen LogP contribution is 2.23. The molecule has 0 aliphatic heterocycles. The normalized spacial score (nSPS) is 10.9. The van der Waals surface area contributed by atoms with Gasteiger partial charge in [-0.3, -0.25) is 9.59 Å². The molecular weight excluding hydrogens is 450 g/mol. The highest BCUT2D eigenvalue weighted by molar-refractivity contribution is 5.91. The summed E-state index contributed by atoms with van der Waals surface area (Å²) in [5, 5.41) is 6.29. The predicted octanol–water partition coefficient (Wildman–Crippen LogP) is 3.47. The first-order chi connectivity index (χ1) is 16.8. The third-order valence-electron chi connectivity index (χ3n) is 4.54. The molecule has 35 heavy (non-hydrogen) atoms. The molecule has 1 aromatic heterocycles. The molecule has 0 spiro atoms. The SMILES string of the molecule is Cc1cccc(OCC(=O)NCC(=O)N/N=C\c2ccc(-c3cccc(C(=O)OC(C)C)c3)o2)c1. The van der Waals surface area contributed by atoms with Crippen molar-refractivity contribution in [2.45, 2.75) is 26.9 Å². The zero-order valence-electron chi connectivity index (χ0n) is 19.7. The van der Waals surface area contributed by atoms with E-state index in [1.165, 1.54) is 6.21 Å². The average Bonchev–Trinajstić information content (AvgIpc) is 3.30. The minimum atomic E-state index is -0.506. The average molecular weight is 478 g/mol. The first kappa shape index (κ1) is 25.2. The molecule has 0 saturated heterocycles. The summed E-state index contributed by atoms with van der Waals surface area (Å²) >= 11 is 0. The van der Waals surface area contributed by atoms with Gasteiger partial charge in [0.15, 0.2) is 6.61 Å². The van der Waals surface area contributed by atoms with Crippen LogP contribution in [-0.2, 0) is 14.3 Å². The molecule has 2 aromatic carbocycles. The van der Waals surface area contributed by atoms with Crippen LogP contribution in [0.15, 0.2) is 70.2 Å². The van der Waals surface area contributed by atoms with E-state index in [9.17, 15) is 14.4 Å². The summed E-state index contributed by atoms with van der Waals surface area (Å²) in [7, 11) is 0. The van der Waals surface area contributed by atoms with Crippen molar-refractivity contribution >= 4 is 24.0 Å². The van der Waals surface area contributed by atoms with Crippen LogP contribution in [0.3, 0.4) is 0 Å². The van der Waals surface area contributed by atoms with E-state index in [-0.39, 0.29) is 19.3 Å². The van der Waals surface area contributed by atoms with Gasteiger partial charge < -0.3 is 19.2 Å². The van der Waals surface area contributed by atoms with Crippen LogP contribution >= 0.6 is 0 Å². The Labute approximate surface area is 203 Å². The van der Waals surface area contributed by atoms with Crippen LogP contribution in [0.5, 0.6) is 5.75 Å². The molecule has 9 nitrogen and oxygen atoms in total. The Morgan fingerprint density at radius 2 is 1.83 bits per heavy atom. The molecule has 0 fully saturated rings. The van der Waals surface area contributed by atoms with Crippen LogP contribution in [0.25, 0.3) is 11.3 Å². The fourth-order valence-electron chi connectivity index (χ4n) is 2.95. The van der Waals surface area contributed by atoms with Gasteiger partial charge in [0.25, 0.3) is 11.8 Å². The summed E-state index contributed by atoms with van der Waals surface area (Å²) < 4.78 is 16.3. The second-order valence-electron chi connectivity index (χ2n) is 7.91. The van der Waals surface area contributed by atoms with Crippen LogP contribution in [0.4, 0.5) is 0 Å². The van der Waals surface area contributed by atoms with E-state index in [1.54, 1.807) is 56.3 Å². The van der Waals surface area contributed by atoms with Gasteiger partial charge in [-0.15, -0.1) is 0 Å². The number of furan rings is 1. The van der Waals surface area contributed by atoms with Crippen molar-refractivity contribution in [1.29, 1.82) is 0 Å². The van der Waals surface area contributed by atoms with Crippen LogP contribution in [-0.4, -0.2) is 43.3 Å². The lowest BCUT2D eigenvalue weighted by Gasteiger charge is -2.08. The van der Waals surface area contributed by atoms with Crippen LogP contribution in [0, 0.1) is 6.92 Å². The number of hydrogen-bond acceptors (Lipinski definition) is 7. The molecule has 0 saturated carbocycles. The number of esters is 1. The number of ether oxygens (including phenoxy) is 2. The molecule has 182 valence electrons. The Morgan fingerprint density at radius 3 is 2.60 bits per heavy atom. The monoisotopic (exact) mass is 477 g/mol. The zero-order valence-corrected chi connectivity index (χ0v) is 19.7. The number of nitrogens with one attached hydrogen (secondary N) is 2. The van der Waals surface area contributed by atoms with E-state index in [1.807, 2.05) is 25.1 Å². The number of benzene rings is 2. The van der Waals surface area contributed by atoms with E-state index < -0.39 is 17.8 Å². The van der Waals surface area contributed by atoms with Gasteiger partial charge in [-0.1, -0.05) is 24.3 Å². The number of carbonyl (C=O) groups excluding carboxylic acids is 3.